The van der Waals surface area contributed by atoms with Gasteiger partial charge in [-0.05, 0) is 35.4 Å². The molecule has 1 aromatic carbocycles. The number of piperazine rings is 1. The molecule has 1 saturated heterocycles. The molecule has 0 radical (unpaired) electrons. The summed E-state index contributed by atoms with van der Waals surface area (Å²) in [6.45, 7) is 4.69. The smallest absolute Gasteiger partial charge is 0.223 e. The van der Waals surface area contributed by atoms with E-state index in [0.29, 0.717) is 6.42 Å². The zero-order valence-corrected chi connectivity index (χ0v) is 15.7. The maximum absolute atomic E-state index is 12.7. The maximum Gasteiger partial charge on any atom is 0.223 e. The van der Waals surface area contributed by atoms with Crippen molar-refractivity contribution >= 4 is 29.7 Å². The van der Waals surface area contributed by atoms with Crippen LogP contribution in [0.4, 0.5) is 0 Å². The first-order valence-electron chi connectivity index (χ1n) is 8.39. The Kier molecular flexibility index (Phi) is 7.28. The predicted octanol–water partition coefficient (Wildman–Crippen LogP) is 3.84. The Morgan fingerprint density at radius 3 is 2.75 bits per heavy atom. The zero-order chi connectivity index (χ0) is 16.1. The summed E-state index contributed by atoms with van der Waals surface area (Å²) in [5.74, 6) is 0.268. The van der Waals surface area contributed by atoms with Gasteiger partial charge in [0.1, 0.15) is 0 Å². The number of rotatable bonds is 5. The molecule has 24 heavy (non-hydrogen) atoms. The van der Waals surface area contributed by atoms with Crippen molar-refractivity contribution in [2.45, 2.75) is 32.2 Å². The van der Waals surface area contributed by atoms with E-state index in [1.807, 2.05) is 6.07 Å². The molecule has 1 fully saturated rings. The molecule has 1 aliphatic rings. The van der Waals surface area contributed by atoms with Crippen LogP contribution in [0.3, 0.4) is 0 Å². The van der Waals surface area contributed by atoms with Crippen molar-refractivity contribution in [2.75, 3.05) is 19.6 Å². The second-order valence-electron chi connectivity index (χ2n) is 5.98. The summed E-state index contributed by atoms with van der Waals surface area (Å²) >= 11 is 1.73. The number of hydrogen-bond donors (Lipinski definition) is 1. The summed E-state index contributed by atoms with van der Waals surface area (Å²) in [6.07, 6.45) is 2.50. The number of hydrogen-bond acceptors (Lipinski definition) is 3. The first kappa shape index (κ1) is 19.0. The SMILES string of the molecule is CCc1ccc(C2CNCCN2C(=O)CCc2cccs2)cc1.Cl. The molecule has 1 N–H and O–H groups in total. The van der Waals surface area contributed by atoms with Gasteiger partial charge in [0, 0.05) is 30.9 Å². The molecule has 1 unspecified atom stereocenters. The van der Waals surface area contributed by atoms with Gasteiger partial charge in [-0.25, -0.2) is 0 Å². The van der Waals surface area contributed by atoms with Gasteiger partial charge in [-0.15, -0.1) is 23.7 Å². The molecule has 5 heteroatoms. The van der Waals surface area contributed by atoms with E-state index in [1.165, 1.54) is 16.0 Å². The van der Waals surface area contributed by atoms with E-state index in [2.05, 4.69) is 52.9 Å². The van der Waals surface area contributed by atoms with E-state index in [9.17, 15) is 4.79 Å². The molecule has 1 amide bonds. The van der Waals surface area contributed by atoms with Crippen LogP contribution in [0, 0.1) is 0 Å². The quantitative estimate of drug-likeness (QED) is 0.874. The lowest BCUT2D eigenvalue weighted by Gasteiger charge is -2.36. The molecule has 130 valence electrons. The van der Waals surface area contributed by atoms with E-state index < -0.39 is 0 Å². The zero-order valence-electron chi connectivity index (χ0n) is 14.0. The van der Waals surface area contributed by atoms with Gasteiger partial charge in [-0.2, -0.15) is 0 Å². The van der Waals surface area contributed by atoms with Gasteiger partial charge in [0.05, 0.1) is 6.04 Å². The number of aryl methyl sites for hydroxylation is 2. The Bertz CT molecular complexity index is 627. The minimum Gasteiger partial charge on any atom is -0.333 e. The third-order valence-electron chi connectivity index (χ3n) is 4.50. The summed E-state index contributed by atoms with van der Waals surface area (Å²) < 4.78 is 0. The largest absolute Gasteiger partial charge is 0.333 e. The predicted molar refractivity (Wildman–Crippen MR) is 103 cm³/mol. The number of halogens is 1. The molecule has 0 spiro atoms. The normalized spacial score (nSPS) is 17.4. The Hall–Kier alpha value is -1.36. The maximum atomic E-state index is 12.7. The summed E-state index contributed by atoms with van der Waals surface area (Å²) in [4.78, 5) is 16.1. The molecule has 1 aliphatic heterocycles. The Morgan fingerprint density at radius 1 is 1.29 bits per heavy atom. The van der Waals surface area contributed by atoms with Crippen molar-refractivity contribution in [2.24, 2.45) is 0 Å². The lowest BCUT2D eigenvalue weighted by Crippen LogP contribution is -2.48. The van der Waals surface area contributed by atoms with Crippen LogP contribution in [0.5, 0.6) is 0 Å². The van der Waals surface area contributed by atoms with Crippen molar-refractivity contribution in [3.05, 3.63) is 57.8 Å². The third kappa shape index (κ3) is 4.59. The average molecular weight is 365 g/mol. The fraction of sp³-hybridized carbons (Fsp3) is 0.421. The molecular weight excluding hydrogens is 340 g/mol. The molecule has 1 atom stereocenters. The number of nitrogens with zero attached hydrogens (tertiary/aromatic N) is 1. The van der Waals surface area contributed by atoms with Gasteiger partial charge in [-0.3, -0.25) is 4.79 Å². The Labute approximate surface area is 154 Å². The molecular formula is C19H25ClN2OS. The van der Waals surface area contributed by atoms with Gasteiger partial charge in [0.15, 0.2) is 0 Å². The van der Waals surface area contributed by atoms with Crippen LogP contribution in [0.25, 0.3) is 0 Å². The molecule has 1 aromatic heterocycles. The standard InChI is InChI=1S/C19H24N2OS.ClH/c1-2-15-5-7-16(8-6-15)18-14-20-11-12-21(18)19(22)10-9-17-4-3-13-23-17;/h3-8,13,18,20H,2,9-12,14H2,1H3;1H. The average Bonchev–Trinajstić information content (AvgIpc) is 3.13. The van der Waals surface area contributed by atoms with E-state index >= 15 is 0 Å². The summed E-state index contributed by atoms with van der Waals surface area (Å²) in [5.41, 5.74) is 2.58. The van der Waals surface area contributed by atoms with Gasteiger partial charge in [0.2, 0.25) is 5.91 Å². The molecule has 2 aromatic rings. The highest BCUT2D eigenvalue weighted by molar-refractivity contribution is 7.09. The van der Waals surface area contributed by atoms with Crippen LogP contribution >= 0.6 is 23.7 Å². The van der Waals surface area contributed by atoms with Crippen molar-refractivity contribution in [1.29, 1.82) is 0 Å². The first-order valence-corrected chi connectivity index (χ1v) is 9.27. The van der Waals surface area contributed by atoms with Crippen LogP contribution in [-0.2, 0) is 17.6 Å². The van der Waals surface area contributed by atoms with Gasteiger partial charge < -0.3 is 10.2 Å². The van der Waals surface area contributed by atoms with Gasteiger partial charge in [-0.1, -0.05) is 37.3 Å². The molecule has 3 nitrogen and oxygen atoms in total. The van der Waals surface area contributed by atoms with E-state index in [4.69, 9.17) is 0 Å². The van der Waals surface area contributed by atoms with Gasteiger partial charge in [0.25, 0.3) is 0 Å². The van der Waals surface area contributed by atoms with E-state index in [1.54, 1.807) is 11.3 Å². The van der Waals surface area contributed by atoms with E-state index in [-0.39, 0.29) is 24.4 Å². The summed E-state index contributed by atoms with van der Waals surface area (Å²) in [5, 5.41) is 5.50. The second-order valence-corrected chi connectivity index (χ2v) is 7.01. The van der Waals surface area contributed by atoms with Crippen molar-refractivity contribution in [1.82, 2.24) is 10.2 Å². The lowest BCUT2D eigenvalue weighted by atomic mass is 10.0. The van der Waals surface area contributed by atoms with Crippen LogP contribution in [-0.4, -0.2) is 30.4 Å². The van der Waals surface area contributed by atoms with Gasteiger partial charge >= 0.3 is 0 Å². The number of carbonyl (C=O) groups excluding carboxylic acids is 1. The van der Waals surface area contributed by atoms with Crippen molar-refractivity contribution in [3.8, 4) is 0 Å². The minimum absolute atomic E-state index is 0. The first-order chi connectivity index (χ1) is 11.3. The minimum atomic E-state index is 0. The highest BCUT2D eigenvalue weighted by Crippen LogP contribution is 2.24. The number of carbonyl (C=O) groups is 1. The fourth-order valence-corrected chi connectivity index (χ4v) is 3.81. The number of nitrogens with one attached hydrogen (secondary N) is 1. The monoisotopic (exact) mass is 364 g/mol. The van der Waals surface area contributed by atoms with Crippen molar-refractivity contribution < 1.29 is 4.79 Å². The highest BCUT2D eigenvalue weighted by atomic mass is 35.5. The number of amides is 1. The molecule has 0 bridgehead atoms. The highest BCUT2D eigenvalue weighted by Gasteiger charge is 2.27. The van der Waals surface area contributed by atoms with Crippen LogP contribution in [0.15, 0.2) is 41.8 Å². The molecule has 3 rings (SSSR count). The molecule has 2 heterocycles. The lowest BCUT2D eigenvalue weighted by molar-refractivity contribution is -0.134. The summed E-state index contributed by atoms with van der Waals surface area (Å²) in [7, 11) is 0. The number of benzene rings is 1. The van der Waals surface area contributed by atoms with Crippen LogP contribution < -0.4 is 5.32 Å². The van der Waals surface area contributed by atoms with Crippen LogP contribution in [0.2, 0.25) is 0 Å². The fourth-order valence-electron chi connectivity index (χ4n) is 3.10. The van der Waals surface area contributed by atoms with E-state index in [0.717, 1.165) is 32.5 Å². The Balaban J connectivity index is 0.00000208. The Morgan fingerprint density at radius 2 is 2.08 bits per heavy atom. The van der Waals surface area contributed by atoms with Crippen LogP contribution in [0.1, 0.15) is 35.4 Å². The molecule has 0 aliphatic carbocycles. The number of thiophene rings is 1. The van der Waals surface area contributed by atoms with Crippen molar-refractivity contribution in [3.63, 3.8) is 0 Å². The topological polar surface area (TPSA) is 32.3 Å². The second kappa shape index (κ2) is 9.21. The third-order valence-corrected chi connectivity index (χ3v) is 5.44. The molecule has 0 saturated carbocycles. The summed E-state index contributed by atoms with van der Waals surface area (Å²) in [6, 6.07) is 13.0.